The molecule has 2 rings (SSSR count). The molecule has 5 nitrogen and oxygen atoms in total. The van der Waals surface area contributed by atoms with Gasteiger partial charge in [-0.2, -0.15) is 23.0 Å². The Hall–Kier alpha value is -2.07. The van der Waals surface area contributed by atoms with Gasteiger partial charge in [0.05, 0.1) is 16.8 Å². The molecule has 27 heavy (non-hydrogen) atoms. The molecule has 0 spiro atoms. The Kier molecular flexibility index (Phi) is 6.21. The van der Waals surface area contributed by atoms with Gasteiger partial charge in [0.25, 0.3) is 5.56 Å². The first-order chi connectivity index (χ1) is 12.5. The average molecular weight is 425 g/mol. The summed E-state index contributed by atoms with van der Waals surface area (Å²) < 4.78 is 53.4. The van der Waals surface area contributed by atoms with Gasteiger partial charge in [-0.15, -0.1) is 11.8 Å². The molecule has 1 unspecified atom stereocenters. The van der Waals surface area contributed by atoms with Gasteiger partial charge in [0.15, 0.2) is 5.82 Å². The molecule has 1 heterocycles. The number of benzene rings is 1. The summed E-state index contributed by atoms with van der Waals surface area (Å²) in [6.45, 7) is 2.60. The molecule has 2 aromatic rings. The molecule has 0 saturated carbocycles. The highest BCUT2D eigenvalue weighted by molar-refractivity contribution is 8.00. The first kappa shape index (κ1) is 21.2. The molecule has 1 atom stereocenters. The Labute approximate surface area is 160 Å². The number of halogens is 5. The van der Waals surface area contributed by atoms with E-state index >= 15 is 0 Å². The minimum atomic E-state index is -4.77. The predicted octanol–water partition coefficient (Wildman–Crippen LogP) is 4.31. The van der Waals surface area contributed by atoms with Gasteiger partial charge in [-0.05, 0) is 25.5 Å². The van der Waals surface area contributed by atoms with E-state index in [1.165, 1.54) is 0 Å². The average Bonchev–Trinajstić information content (AvgIpc) is 2.55. The number of thioether (sulfide) groups is 1. The van der Waals surface area contributed by atoms with Gasteiger partial charge in [-0.1, -0.05) is 18.5 Å². The number of aliphatic carboxylic acids is 1. The number of nitrogens with zero attached hydrogens (tertiary/aromatic N) is 2. The largest absolute Gasteiger partial charge is 0.480 e. The lowest BCUT2D eigenvalue weighted by Gasteiger charge is -2.15. The third-order valence-corrected chi connectivity index (χ3v) is 5.51. The second-order valence-corrected chi connectivity index (χ2v) is 7.14. The van der Waals surface area contributed by atoms with Gasteiger partial charge in [0.2, 0.25) is 0 Å². The van der Waals surface area contributed by atoms with Gasteiger partial charge in [-0.3, -0.25) is 9.59 Å². The van der Waals surface area contributed by atoms with Crippen molar-refractivity contribution in [1.29, 1.82) is 0 Å². The molecule has 0 radical (unpaired) electrons. The molecule has 1 N–H and O–H groups in total. The molecule has 0 fully saturated rings. The Morgan fingerprint density at radius 2 is 2.04 bits per heavy atom. The van der Waals surface area contributed by atoms with Crippen LogP contribution in [0.25, 0.3) is 5.69 Å². The van der Waals surface area contributed by atoms with Crippen LogP contribution in [-0.4, -0.2) is 26.1 Å². The molecule has 11 heteroatoms. The van der Waals surface area contributed by atoms with Crippen molar-refractivity contribution in [1.82, 2.24) is 9.78 Å². The van der Waals surface area contributed by atoms with Crippen LogP contribution < -0.4 is 5.56 Å². The maximum atomic E-state index is 14.3. The highest BCUT2D eigenvalue weighted by atomic mass is 35.5. The van der Waals surface area contributed by atoms with E-state index in [2.05, 4.69) is 5.10 Å². The number of hydrogen-bond acceptors (Lipinski definition) is 4. The number of carboxylic acids is 1. The van der Waals surface area contributed by atoms with E-state index in [0.717, 1.165) is 30.8 Å². The van der Waals surface area contributed by atoms with E-state index in [1.54, 1.807) is 6.92 Å². The molecule has 0 amide bonds. The molecular formula is C16H13ClF4N2O3S. The number of carboxylic acid groups (broad SMARTS) is 1. The summed E-state index contributed by atoms with van der Waals surface area (Å²) in [4.78, 5) is 23.6. The number of aromatic nitrogens is 2. The third kappa shape index (κ3) is 4.44. The topological polar surface area (TPSA) is 72.2 Å². The summed E-state index contributed by atoms with van der Waals surface area (Å²) >= 11 is 6.78. The van der Waals surface area contributed by atoms with Crippen molar-refractivity contribution in [2.45, 2.75) is 36.6 Å². The first-order valence-electron chi connectivity index (χ1n) is 7.52. The third-order valence-electron chi connectivity index (χ3n) is 3.67. The summed E-state index contributed by atoms with van der Waals surface area (Å²) in [5, 5.41) is 11.6. The number of carbonyl (C=O) groups is 1. The number of hydrogen-bond donors (Lipinski definition) is 1. The zero-order chi connectivity index (χ0) is 20.5. The highest BCUT2D eigenvalue weighted by Crippen LogP contribution is 2.35. The quantitative estimate of drug-likeness (QED) is 0.572. The normalized spacial score (nSPS) is 12.9. The number of alkyl halides is 3. The molecule has 0 saturated heterocycles. The van der Waals surface area contributed by atoms with Crippen LogP contribution in [0, 0.1) is 12.7 Å². The Bertz CT molecular complexity index is 946. The van der Waals surface area contributed by atoms with Crippen LogP contribution in [0.4, 0.5) is 17.6 Å². The monoisotopic (exact) mass is 424 g/mol. The van der Waals surface area contributed by atoms with Crippen LogP contribution in [0.5, 0.6) is 0 Å². The van der Waals surface area contributed by atoms with Gasteiger partial charge in [-0.25, -0.2) is 4.39 Å². The summed E-state index contributed by atoms with van der Waals surface area (Å²) in [7, 11) is 0. The highest BCUT2D eigenvalue weighted by Gasteiger charge is 2.34. The van der Waals surface area contributed by atoms with Crippen LogP contribution in [0.1, 0.15) is 24.5 Å². The summed E-state index contributed by atoms with van der Waals surface area (Å²) in [6.07, 6.45) is -4.09. The van der Waals surface area contributed by atoms with E-state index in [1.807, 2.05) is 0 Å². The summed E-state index contributed by atoms with van der Waals surface area (Å²) in [5.41, 5.74) is -3.43. The lowest BCUT2D eigenvalue weighted by molar-refractivity contribution is -0.138. The minimum Gasteiger partial charge on any atom is -0.480 e. The second kappa shape index (κ2) is 7.89. The smallest absolute Gasteiger partial charge is 0.418 e. The van der Waals surface area contributed by atoms with E-state index in [9.17, 15) is 27.2 Å². The standard InChI is InChI=1S/C16H13ClF4N2O3S/c1-3-12(15(25)26)27-13-5-11(10(18)4-9(13)17)23-14(24)7(2)8(6-22-23)16(19,20)21/h4-6,12H,3H2,1-2H3,(H,25,26). The molecule has 1 aromatic heterocycles. The van der Waals surface area contributed by atoms with Gasteiger partial charge in [0.1, 0.15) is 10.9 Å². The maximum Gasteiger partial charge on any atom is 0.418 e. The van der Waals surface area contributed by atoms with Crippen molar-refractivity contribution < 1.29 is 27.5 Å². The van der Waals surface area contributed by atoms with Gasteiger partial charge >= 0.3 is 12.1 Å². The van der Waals surface area contributed by atoms with Gasteiger partial charge in [0, 0.05) is 10.5 Å². The SMILES string of the molecule is CCC(Sc1cc(-n2ncc(C(F)(F)F)c(C)c2=O)c(F)cc1Cl)C(=O)O. The van der Waals surface area contributed by atoms with Crippen LogP contribution in [0.3, 0.4) is 0 Å². The van der Waals surface area contributed by atoms with E-state index in [-0.39, 0.29) is 16.3 Å². The Balaban J connectivity index is 2.60. The Morgan fingerprint density at radius 3 is 2.56 bits per heavy atom. The molecule has 1 aromatic carbocycles. The maximum absolute atomic E-state index is 14.3. The summed E-state index contributed by atoms with van der Waals surface area (Å²) in [6, 6.07) is 1.95. The molecular weight excluding hydrogens is 412 g/mol. The van der Waals surface area contributed by atoms with E-state index in [4.69, 9.17) is 16.7 Å². The lowest BCUT2D eigenvalue weighted by Crippen LogP contribution is -2.28. The van der Waals surface area contributed by atoms with Gasteiger partial charge < -0.3 is 5.11 Å². The second-order valence-electron chi connectivity index (χ2n) is 5.48. The van der Waals surface area contributed by atoms with Crippen LogP contribution >= 0.6 is 23.4 Å². The Morgan fingerprint density at radius 1 is 1.41 bits per heavy atom. The van der Waals surface area contributed by atoms with Crippen LogP contribution in [-0.2, 0) is 11.0 Å². The summed E-state index contributed by atoms with van der Waals surface area (Å²) in [5.74, 6) is -2.09. The fraction of sp³-hybridized carbons (Fsp3) is 0.312. The van der Waals surface area contributed by atoms with Crippen LogP contribution in [0.2, 0.25) is 5.02 Å². The van der Waals surface area contributed by atoms with Crippen molar-refractivity contribution in [2.24, 2.45) is 0 Å². The van der Waals surface area contributed by atoms with Crippen molar-refractivity contribution in [3.05, 3.63) is 50.7 Å². The number of rotatable bonds is 5. The zero-order valence-electron chi connectivity index (χ0n) is 14.0. The molecule has 0 aliphatic heterocycles. The van der Waals surface area contributed by atoms with Crippen LogP contribution in [0.15, 0.2) is 28.0 Å². The fourth-order valence-corrected chi connectivity index (χ4v) is 3.44. The van der Waals surface area contributed by atoms with E-state index < -0.39 is 45.6 Å². The molecule has 0 bridgehead atoms. The predicted molar refractivity (Wildman–Crippen MR) is 92.1 cm³/mol. The molecule has 0 aliphatic carbocycles. The first-order valence-corrected chi connectivity index (χ1v) is 8.78. The minimum absolute atomic E-state index is 0.0855. The zero-order valence-corrected chi connectivity index (χ0v) is 15.5. The fourth-order valence-electron chi connectivity index (χ4n) is 2.23. The van der Waals surface area contributed by atoms with Crippen molar-refractivity contribution in [2.75, 3.05) is 0 Å². The van der Waals surface area contributed by atoms with Crippen molar-refractivity contribution in [3.63, 3.8) is 0 Å². The lowest BCUT2D eigenvalue weighted by atomic mass is 10.2. The van der Waals surface area contributed by atoms with Crippen molar-refractivity contribution in [3.8, 4) is 5.69 Å². The molecule has 0 aliphatic rings. The molecule has 146 valence electrons. The van der Waals surface area contributed by atoms with Crippen molar-refractivity contribution >= 4 is 29.3 Å². The van der Waals surface area contributed by atoms with E-state index in [0.29, 0.717) is 10.9 Å².